The zero-order valence-electron chi connectivity index (χ0n) is 55.8. The fourth-order valence-corrected chi connectivity index (χ4v) is 12.8. The second kappa shape index (κ2) is 44.8. The first-order valence-corrected chi connectivity index (χ1v) is 35.1. The quantitative estimate of drug-likeness (QED) is 0.00490. The lowest BCUT2D eigenvalue weighted by Gasteiger charge is -2.28. The summed E-state index contributed by atoms with van der Waals surface area (Å²) in [5, 5.41) is 30.6. The van der Waals surface area contributed by atoms with Crippen LogP contribution in [0.1, 0.15) is 86.3 Å². The maximum atomic E-state index is 13.5. The Morgan fingerprint density at radius 2 is 1.12 bits per heavy atom. The molecule has 0 bridgehead atoms. The molecule has 7 aromatic carbocycles. The van der Waals surface area contributed by atoms with E-state index in [9.17, 15) is 56.6 Å². The van der Waals surface area contributed by atoms with Gasteiger partial charge in [-0.2, -0.15) is 5.01 Å². The number of benzene rings is 7. The molecule has 2 fully saturated rings. The smallest absolute Gasteiger partial charge is 0.369 e. The van der Waals surface area contributed by atoms with Gasteiger partial charge >= 0.3 is 27.1 Å². The average Bonchev–Trinajstić information content (AvgIpc) is 1.70. The normalized spacial score (nSPS) is 13.1. The molecular weight excluding hydrogens is 1520 g/mol. The fourth-order valence-electron chi connectivity index (χ4n) is 9.12. The number of ether oxygens (including phenoxy) is 7. The highest BCUT2D eigenvalue weighted by atomic mass is 79.9. The van der Waals surface area contributed by atoms with Crippen LogP contribution < -0.4 is 35.5 Å². The molecule has 0 aliphatic heterocycles. The van der Waals surface area contributed by atoms with Crippen molar-refractivity contribution in [1.82, 2.24) is 10.4 Å². The van der Waals surface area contributed by atoms with Crippen LogP contribution >= 0.6 is 54.2 Å². The van der Waals surface area contributed by atoms with Crippen LogP contribution in [0, 0.1) is 49.6 Å². The second-order valence-electron chi connectivity index (χ2n) is 20.7. The van der Waals surface area contributed by atoms with Gasteiger partial charge in [-0.15, -0.1) is 52.2 Å². The Kier molecular flexibility index (Phi) is 38.1. The predicted molar refractivity (Wildman–Crippen MR) is 389 cm³/mol. The van der Waals surface area contributed by atoms with Crippen molar-refractivity contribution >= 4 is 121 Å². The summed E-state index contributed by atoms with van der Waals surface area (Å²) in [6.07, 6.45) is 6.06. The SMILES string of the molecule is BrB(Br)Br.CCOC(=O)/C=C/c1ccc(OC)c(F)c1.CCOC(=O)C1CC1c1ccc(OC)c(F)c1.CCOC(=O)C=P(c1ccccc1)(c1ccccc1)c1ccccc1.CCOC(=O)CC1(c2ccc(O)c(F)c2)CC1.CN(N=O)C(=N)N[N+](=O)[O-].COc1ccc(C=O)cc1F. The number of guanidine groups is 1. The number of nitrogens with zero attached hydrogens (tertiary/aromatic N) is 3. The molecule has 0 amide bonds. The number of rotatable bonds is 21. The number of hydrazine groups is 1. The third kappa shape index (κ3) is 28.6. The summed E-state index contributed by atoms with van der Waals surface area (Å²) in [7, 11) is 5.31. The van der Waals surface area contributed by atoms with Crippen LogP contribution in [0.5, 0.6) is 23.0 Å². The van der Waals surface area contributed by atoms with Gasteiger partial charge in [-0.1, -0.05) is 115 Å². The van der Waals surface area contributed by atoms with Crippen LogP contribution in [0.25, 0.3) is 6.08 Å². The summed E-state index contributed by atoms with van der Waals surface area (Å²) in [5.74, 6) is -1.87. The molecule has 30 heteroatoms. The van der Waals surface area contributed by atoms with Gasteiger partial charge < -0.3 is 38.3 Å². The zero-order chi connectivity index (χ0) is 74.4. The molecule has 0 radical (unpaired) electrons. The molecule has 2 unspecified atom stereocenters. The van der Waals surface area contributed by atoms with Crippen molar-refractivity contribution in [2.45, 2.75) is 64.7 Å². The van der Waals surface area contributed by atoms with Crippen LogP contribution in [-0.4, -0.2) is 115 Å². The molecule has 21 nitrogen and oxygen atoms in total. The lowest BCUT2D eigenvalue weighted by atomic mass is 9.92. The van der Waals surface area contributed by atoms with Crippen LogP contribution in [0.2, 0.25) is 0 Å². The third-order valence-electron chi connectivity index (χ3n) is 14.1. The van der Waals surface area contributed by atoms with Gasteiger partial charge in [0.15, 0.2) is 51.3 Å². The molecule has 0 saturated heterocycles. The number of aromatic hydroxyl groups is 1. The molecule has 7 aromatic rings. The predicted octanol–water partition coefficient (Wildman–Crippen LogP) is 13.9. The zero-order valence-corrected chi connectivity index (χ0v) is 61.4. The number of halogens is 7. The molecular formula is C70H76BBr3F4N5O16P. The highest BCUT2D eigenvalue weighted by Gasteiger charge is 2.47. The van der Waals surface area contributed by atoms with E-state index in [-0.39, 0.29) is 73.6 Å². The molecule has 2 saturated carbocycles. The van der Waals surface area contributed by atoms with Crippen molar-refractivity contribution in [2.75, 3.05) is 54.8 Å². The molecule has 2 aliphatic rings. The van der Waals surface area contributed by atoms with E-state index < -0.39 is 41.3 Å². The minimum absolute atomic E-state index is 0.0921. The molecule has 2 aliphatic carbocycles. The van der Waals surface area contributed by atoms with E-state index in [1.54, 1.807) is 50.8 Å². The van der Waals surface area contributed by atoms with Gasteiger partial charge in [-0.3, -0.25) is 19.8 Å². The highest BCUT2D eigenvalue weighted by Crippen LogP contribution is 2.52. The number of carbonyl (C=O) groups excluding carboxylic acids is 5. The Morgan fingerprint density at radius 1 is 0.670 bits per heavy atom. The summed E-state index contributed by atoms with van der Waals surface area (Å²) in [5.41, 5.74) is 3.64. The fraction of sp³-hybridized carbons (Fsp3) is 0.271. The van der Waals surface area contributed by atoms with E-state index in [1.165, 1.54) is 81.4 Å². The van der Waals surface area contributed by atoms with Crippen molar-refractivity contribution in [3.8, 4) is 23.0 Å². The van der Waals surface area contributed by atoms with Gasteiger partial charge in [0.2, 0.25) is 0 Å². The van der Waals surface area contributed by atoms with Crippen molar-refractivity contribution < 1.29 is 84.8 Å². The molecule has 534 valence electrons. The number of nitrogens with one attached hydrogen (secondary N) is 2. The summed E-state index contributed by atoms with van der Waals surface area (Å²) in [6, 6.07) is 48.3. The first-order chi connectivity index (χ1) is 47.8. The Balaban J connectivity index is 0.000000316. The van der Waals surface area contributed by atoms with Crippen LogP contribution in [-0.2, 0) is 43.5 Å². The summed E-state index contributed by atoms with van der Waals surface area (Å²) < 4.78 is 87.1. The summed E-state index contributed by atoms with van der Waals surface area (Å²) >= 11 is 9.31. The van der Waals surface area contributed by atoms with E-state index >= 15 is 0 Å². The maximum Gasteiger partial charge on any atom is 0.369 e. The number of aldehydes is 1. The first kappa shape index (κ1) is 85.0. The number of carbonyl (C=O) groups is 5. The number of esters is 4. The Morgan fingerprint density at radius 3 is 1.53 bits per heavy atom. The number of nitro groups is 1. The Labute approximate surface area is 602 Å². The minimum atomic E-state index is -2.24. The van der Waals surface area contributed by atoms with Gasteiger partial charge in [0, 0.05) is 29.9 Å². The minimum Gasteiger partial charge on any atom is -0.505 e. The van der Waals surface area contributed by atoms with E-state index in [0.717, 1.165) is 59.4 Å². The van der Waals surface area contributed by atoms with Gasteiger partial charge in [0.25, 0.3) is 5.96 Å². The standard InChI is InChI=1S/C22H21O2P.2C13H15FO3.C12H13FO3.C8H7FO2.C2H5N5O3.BBr3/c1-2-24-22(23)18-25(19-12-6-3-7-13-19,20-14-8-4-9-15-20)21-16-10-5-11-17-21;1-3-17-13(15)10-7-9(10)8-4-5-12(16-2)11(14)6-8;1-2-17-12(16)8-13(5-6-13)9-3-4-11(15)10(14)7-9;1-3-16-12(14)7-5-9-4-6-11(15-2)10(13)8-9;1-11-8-3-2-6(5-10)4-7(8)9;1-6(5-8)2(3)4-7(9)10;2-1(3)4/h3-18H,2H2,1H3;4-6,9-10H,3,7H2,1-2H3;3-4,7,15H,2,5-6,8H2,1H3;4-8H,3H2,1-2H3;2-5H,1H3;1H3,(H2,3,4);/b;;;7-5+;;;. The molecule has 2 atom stereocenters. The number of hydrogen-bond donors (Lipinski definition) is 3. The number of hydrogen-bond acceptors (Lipinski definition) is 18. The second-order valence-corrected chi connectivity index (χ2v) is 30.4. The van der Waals surface area contributed by atoms with Crippen molar-refractivity contribution in [3.05, 3.63) is 230 Å². The number of phenols is 1. The molecule has 0 heterocycles. The highest BCUT2D eigenvalue weighted by molar-refractivity contribution is 9.69. The summed E-state index contributed by atoms with van der Waals surface area (Å²) in [6.45, 7) is 6.29. The van der Waals surface area contributed by atoms with Crippen molar-refractivity contribution in [3.63, 3.8) is 0 Å². The number of phenolic OH excluding ortho intramolecular Hbond substituents is 1. The molecule has 0 spiro atoms. The summed E-state index contributed by atoms with van der Waals surface area (Å²) in [4.78, 5) is 75.8. The van der Waals surface area contributed by atoms with Gasteiger partial charge in [0.1, 0.15) is 6.29 Å². The number of methoxy groups -OCH3 is 3. The molecule has 9 rings (SSSR count). The van der Waals surface area contributed by atoms with E-state index in [4.69, 9.17) is 38.9 Å². The monoisotopic (exact) mass is 1600 g/mol. The topological polar surface area (TPSA) is 282 Å². The van der Waals surface area contributed by atoms with E-state index in [1.807, 2.05) is 61.5 Å². The number of nitroso groups, excluding NO2 is 1. The largest absolute Gasteiger partial charge is 0.505 e. The average molecular weight is 1600 g/mol. The first-order valence-electron chi connectivity index (χ1n) is 30.5. The Hall–Kier alpha value is -9.18. The van der Waals surface area contributed by atoms with E-state index in [0.29, 0.717) is 48.8 Å². The van der Waals surface area contributed by atoms with Gasteiger partial charge in [0.05, 0.1) is 65.4 Å². The maximum absolute atomic E-state index is 13.5. The third-order valence-corrected chi connectivity index (χ3v) is 18.0. The molecule has 3 N–H and O–H groups in total. The molecule has 0 aromatic heterocycles. The van der Waals surface area contributed by atoms with E-state index in [2.05, 4.69) is 93.7 Å². The van der Waals surface area contributed by atoms with Crippen molar-refractivity contribution in [1.29, 1.82) is 5.41 Å². The van der Waals surface area contributed by atoms with Crippen molar-refractivity contribution in [2.24, 2.45) is 11.2 Å². The van der Waals surface area contributed by atoms with Crippen LogP contribution in [0.3, 0.4) is 0 Å². The Bertz CT molecular complexity index is 3790. The lowest BCUT2D eigenvalue weighted by molar-refractivity contribution is -0.526. The van der Waals surface area contributed by atoms with Gasteiger partial charge in [-0.05, 0) is 153 Å². The lowest BCUT2D eigenvalue weighted by Crippen LogP contribution is -2.38. The van der Waals surface area contributed by atoms with Crippen LogP contribution in [0.4, 0.5) is 17.6 Å². The van der Waals surface area contributed by atoms with Gasteiger partial charge in [-0.25, -0.2) is 37.3 Å². The van der Waals surface area contributed by atoms with Crippen LogP contribution in [0.15, 0.2) is 175 Å². The molecule has 100 heavy (non-hydrogen) atoms.